The van der Waals surface area contributed by atoms with E-state index in [1.165, 1.54) is 24.3 Å². The summed E-state index contributed by atoms with van der Waals surface area (Å²) in [7, 11) is 0. The number of para-hydroxylation sites is 1. The molecule has 9 nitrogen and oxygen atoms in total. The van der Waals surface area contributed by atoms with Crippen LogP contribution < -0.4 is 21.4 Å². The van der Waals surface area contributed by atoms with Crippen LogP contribution in [-0.2, 0) is 11.4 Å². The zero-order valence-electron chi connectivity index (χ0n) is 15.3. The highest BCUT2D eigenvalue weighted by molar-refractivity contribution is 7.99. The van der Waals surface area contributed by atoms with Crippen LogP contribution in [0.15, 0.2) is 53.7 Å². The summed E-state index contributed by atoms with van der Waals surface area (Å²) < 4.78 is 20.1. The van der Waals surface area contributed by atoms with Crippen molar-refractivity contribution in [2.75, 3.05) is 11.6 Å². The van der Waals surface area contributed by atoms with Gasteiger partial charge in [-0.15, -0.1) is 10.2 Å². The van der Waals surface area contributed by atoms with Crippen molar-refractivity contribution < 1.29 is 18.7 Å². The van der Waals surface area contributed by atoms with Gasteiger partial charge in [0, 0.05) is 10.6 Å². The molecular weight excluding hydrogens is 435 g/mol. The van der Waals surface area contributed by atoms with Gasteiger partial charge in [-0.25, -0.2) is 9.07 Å². The quantitative estimate of drug-likeness (QED) is 0.285. The third-order valence-corrected chi connectivity index (χ3v) is 4.88. The van der Waals surface area contributed by atoms with Crippen molar-refractivity contribution in [1.29, 1.82) is 0 Å². The van der Waals surface area contributed by atoms with Crippen molar-refractivity contribution in [2.24, 2.45) is 0 Å². The highest BCUT2D eigenvalue weighted by Gasteiger charge is 2.14. The Morgan fingerprint density at radius 3 is 2.60 bits per heavy atom. The molecule has 0 aliphatic carbocycles. The molecule has 0 aliphatic rings. The number of halogens is 2. The van der Waals surface area contributed by atoms with Crippen molar-refractivity contribution in [2.45, 2.75) is 11.8 Å². The fourth-order valence-corrected chi connectivity index (χ4v) is 2.98. The first kappa shape index (κ1) is 21.4. The molecule has 3 rings (SSSR count). The number of nitrogen functional groups attached to an aromatic ring is 1. The van der Waals surface area contributed by atoms with Gasteiger partial charge in [-0.3, -0.25) is 20.4 Å². The third-order valence-electron chi connectivity index (χ3n) is 3.68. The number of amides is 2. The number of benzene rings is 2. The van der Waals surface area contributed by atoms with Crippen LogP contribution in [-0.4, -0.2) is 32.4 Å². The number of carbonyl (C=O) groups excluding carboxylic acids is 2. The number of aromatic nitrogens is 3. The number of hydrogen-bond donors (Lipinski definition) is 3. The van der Waals surface area contributed by atoms with Gasteiger partial charge in [0.2, 0.25) is 11.1 Å². The molecule has 12 heteroatoms. The summed E-state index contributed by atoms with van der Waals surface area (Å²) in [6.45, 7) is -0.103. The standard InChI is InChI=1S/C18H16ClFN6O3S/c19-12-7-5-11(6-8-12)17(28)24-23-16(27)10-30-18-25-22-15(26(18)21)9-29-14-4-2-1-3-13(14)20/h1-8H,9-10,21H2,(H,23,27)(H,24,28). The van der Waals surface area contributed by atoms with E-state index in [-0.39, 0.29) is 29.1 Å². The van der Waals surface area contributed by atoms with E-state index in [2.05, 4.69) is 21.0 Å². The Morgan fingerprint density at radius 2 is 1.87 bits per heavy atom. The van der Waals surface area contributed by atoms with Crippen LogP contribution >= 0.6 is 23.4 Å². The predicted molar refractivity (Wildman–Crippen MR) is 109 cm³/mol. The SMILES string of the molecule is Nn1c(COc2ccccc2F)nnc1SCC(=O)NNC(=O)c1ccc(Cl)cc1. The van der Waals surface area contributed by atoms with E-state index in [4.69, 9.17) is 22.2 Å². The van der Waals surface area contributed by atoms with Gasteiger partial charge in [0.05, 0.1) is 5.75 Å². The van der Waals surface area contributed by atoms with Crippen LogP contribution in [0.2, 0.25) is 5.02 Å². The van der Waals surface area contributed by atoms with Gasteiger partial charge in [-0.05, 0) is 36.4 Å². The number of hydrazine groups is 1. The predicted octanol–water partition coefficient (Wildman–Crippen LogP) is 1.92. The molecule has 2 amide bonds. The first-order valence-corrected chi connectivity index (χ1v) is 9.84. The van der Waals surface area contributed by atoms with E-state index < -0.39 is 17.6 Å². The third kappa shape index (κ3) is 5.61. The number of ether oxygens (including phenoxy) is 1. The first-order chi connectivity index (χ1) is 14.4. The second kappa shape index (κ2) is 9.94. The van der Waals surface area contributed by atoms with Crippen LogP contribution in [0.5, 0.6) is 5.75 Å². The Balaban J connectivity index is 1.46. The zero-order chi connectivity index (χ0) is 21.5. The molecule has 4 N–H and O–H groups in total. The summed E-state index contributed by atoms with van der Waals surface area (Å²) in [5.74, 6) is 4.65. The molecule has 1 heterocycles. The molecule has 3 aromatic rings. The number of rotatable bonds is 7. The fourth-order valence-electron chi connectivity index (χ4n) is 2.17. The lowest BCUT2D eigenvalue weighted by Gasteiger charge is -2.08. The van der Waals surface area contributed by atoms with Gasteiger partial charge < -0.3 is 10.6 Å². The van der Waals surface area contributed by atoms with E-state index in [1.807, 2.05) is 0 Å². The number of nitrogens with zero attached hydrogens (tertiary/aromatic N) is 3. The van der Waals surface area contributed by atoms with E-state index in [0.717, 1.165) is 16.4 Å². The van der Waals surface area contributed by atoms with Gasteiger partial charge >= 0.3 is 0 Å². The normalized spacial score (nSPS) is 10.5. The van der Waals surface area contributed by atoms with Crippen molar-refractivity contribution in [3.8, 4) is 5.75 Å². The van der Waals surface area contributed by atoms with Crippen molar-refractivity contribution in [3.63, 3.8) is 0 Å². The Kier molecular flexibility index (Phi) is 7.09. The molecule has 156 valence electrons. The minimum atomic E-state index is -0.507. The lowest BCUT2D eigenvalue weighted by atomic mass is 10.2. The summed E-state index contributed by atoms with van der Waals surface area (Å²) in [5.41, 5.74) is 4.92. The molecule has 0 atom stereocenters. The van der Waals surface area contributed by atoms with E-state index >= 15 is 0 Å². The molecular formula is C18H16ClFN6O3S. The molecule has 0 bridgehead atoms. The molecule has 0 saturated carbocycles. The molecule has 2 aromatic carbocycles. The van der Waals surface area contributed by atoms with Crippen molar-refractivity contribution in [3.05, 3.63) is 70.8 Å². The molecule has 0 aliphatic heterocycles. The van der Waals surface area contributed by atoms with E-state index in [0.29, 0.717) is 10.6 Å². The van der Waals surface area contributed by atoms with Gasteiger partial charge in [0.1, 0.15) is 6.61 Å². The topological polar surface area (TPSA) is 124 Å². The number of nitrogens with two attached hydrogens (primary N) is 1. The Morgan fingerprint density at radius 1 is 1.13 bits per heavy atom. The average molecular weight is 451 g/mol. The lowest BCUT2D eigenvalue weighted by Crippen LogP contribution is -2.42. The van der Waals surface area contributed by atoms with Gasteiger partial charge in [-0.2, -0.15) is 0 Å². The molecule has 30 heavy (non-hydrogen) atoms. The Labute approximate surface area is 179 Å². The van der Waals surface area contributed by atoms with E-state index in [9.17, 15) is 14.0 Å². The number of carbonyl (C=O) groups is 2. The summed E-state index contributed by atoms with van der Waals surface area (Å²) in [4.78, 5) is 23.9. The van der Waals surface area contributed by atoms with Crippen LogP contribution in [0, 0.1) is 5.82 Å². The van der Waals surface area contributed by atoms with Gasteiger partial charge in [-0.1, -0.05) is 35.5 Å². The number of thioether (sulfide) groups is 1. The minimum Gasteiger partial charge on any atom is -0.482 e. The highest BCUT2D eigenvalue weighted by Crippen LogP contribution is 2.18. The van der Waals surface area contributed by atoms with Crippen LogP contribution in [0.3, 0.4) is 0 Å². The molecule has 0 spiro atoms. The highest BCUT2D eigenvalue weighted by atomic mass is 35.5. The van der Waals surface area contributed by atoms with Crippen molar-refractivity contribution in [1.82, 2.24) is 25.7 Å². The zero-order valence-corrected chi connectivity index (χ0v) is 16.9. The fraction of sp³-hybridized carbons (Fsp3) is 0.111. The summed E-state index contributed by atoms with van der Waals surface area (Å²) in [5, 5.41) is 8.49. The van der Waals surface area contributed by atoms with Crippen molar-refractivity contribution >= 4 is 35.2 Å². The van der Waals surface area contributed by atoms with Gasteiger partial charge in [0.15, 0.2) is 17.4 Å². The monoisotopic (exact) mass is 450 g/mol. The molecule has 0 saturated heterocycles. The van der Waals surface area contributed by atoms with Crippen LogP contribution in [0.1, 0.15) is 16.2 Å². The summed E-state index contributed by atoms with van der Waals surface area (Å²) in [6, 6.07) is 12.1. The Bertz CT molecular complexity index is 1050. The smallest absolute Gasteiger partial charge is 0.269 e. The maximum absolute atomic E-state index is 13.6. The number of hydrogen-bond acceptors (Lipinski definition) is 7. The molecule has 0 radical (unpaired) electrons. The first-order valence-electron chi connectivity index (χ1n) is 8.48. The largest absolute Gasteiger partial charge is 0.482 e. The average Bonchev–Trinajstić information content (AvgIpc) is 3.10. The van der Waals surface area contributed by atoms with Gasteiger partial charge in [0.25, 0.3) is 5.91 Å². The Hall–Kier alpha value is -3.31. The second-order valence-corrected chi connectivity index (χ2v) is 7.16. The maximum atomic E-state index is 13.6. The summed E-state index contributed by atoms with van der Waals surface area (Å²) >= 11 is 6.77. The lowest BCUT2D eigenvalue weighted by molar-refractivity contribution is -0.119. The van der Waals surface area contributed by atoms with Crippen LogP contribution in [0.25, 0.3) is 0 Å². The number of nitrogens with one attached hydrogen (secondary N) is 2. The summed E-state index contributed by atoms with van der Waals surface area (Å²) in [6.07, 6.45) is 0. The maximum Gasteiger partial charge on any atom is 0.269 e. The molecule has 0 unspecified atom stereocenters. The molecule has 0 fully saturated rings. The van der Waals surface area contributed by atoms with Crippen LogP contribution in [0.4, 0.5) is 4.39 Å². The minimum absolute atomic E-state index is 0.0607. The van der Waals surface area contributed by atoms with E-state index in [1.54, 1.807) is 24.3 Å². The molecule has 1 aromatic heterocycles. The second-order valence-electron chi connectivity index (χ2n) is 5.79.